The van der Waals surface area contributed by atoms with Gasteiger partial charge < -0.3 is 0 Å². The molecule has 0 N–H and O–H groups in total. The van der Waals surface area contributed by atoms with Crippen molar-refractivity contribution in [2.75, 3.05) is 0 Å². The zero-order valence-corrected chi connectivity index (χ0v) is 15.2. The van der Waals surface area contributed by atoms with Crippen LogP contribution in [-0.2, 0) is 0 Å². The Morgan fingerprint density at radius 3 is 1.36 bits per heavy atom. The van der Waals surface area contributed by atoms with Crippen molar-refractivity contribution in [1.82, 2.24) is 9.97 Å². The van der Waals surface area contributed by atoms with Gasteiger partial charge in [0.15, 0.2) is 11.6 Å². The van der Waals surface area contributed by atoms with Gasteiger partial charge in [-0.25, -0.2) is 20.0 Å². The lowest BCUT2D eigenvalue weighted by Gasteiger charge is -2.01. The summed E-state index contributed by atoms with van der Waals surface area (Å²) >= 11 is 0. The minimum Gasteiger partial charge on any atom is -0.237 e. The van der Waals surface area contributed by atoms with Crippen molar-refractivity contribution < 1.29 is 0 Å². The molecule has 0 aliphatic carbocycles. The third-order valence-electron chi connectivity index (χ3n) is 4.19. The van der Waals surface area contributed by atoms with Gasteiger partial charge in [0.05, 0.1) is 0 Å². The van der Waals surface area contributed by atoms with E-state index in [0.717, 1.165) is 22.3 Å². The molecule has 28 heavy (non-hydrogen) atoms. The average Bonchev–Trinajstić information content (AvgIpc) is 2.78. The summed E-state index contributed by atoms with van der Waals surface area (Å²) in [5, 5.41) is 0. The second-order valence-electron chi connectivity index (χ2n) is 6.09. The molecule has 2 heterocycles. The van der Waals surface area contributed by atoms with Gasteiger partial charge in [-0.15, -0.1) is 0 Å². The number of hydrogen-bond donors (Lipinski definition) is 0. The number of aromatic nitrogens is 2. The first-order valence-electron chi connectivity index (χ1n) is 8.98. The molecule has 4 heteroatoms. The largest absolute Gasteiger partial charge is 0.237 e. The fraction of sp³-hybridized carbons (Fsp3) is 0. The molecule has 2 aromatic heterocycles. The second kappa shape index (κ2) is 8.64. The molecule has 4 rings (SSSR count). The lowest BCUT2D eigenvalue weighted by Crippen LogP contribution is -1.82. The Morgan fingerprint density at radius 2 is 0.929 bits per heavy atom. The predicted molar refractivity (Wildman–Crippen MR) is 116 cm³/mol. The maximum Gasteiger partial charge on any atom is 0.152 e. The predicted octanol–water partition coefficient (Wildman–Crippen LogP) is 5.92. The van der Waals surface area contributed by atoms with Crippen LogP contribution in [0.1, 0.15) is 0 Å². The molecule has 0 unspecified atom stereocenters. The van der Waals surface area contributed by atoms with Crippen molar-refractivity contribution in [2.24, 2.45) is 9.98 Å². The highest BCUT2D eigenvalue weighted by atomic mass is 14.9. The van der Waals surface area contributed by atoms with Crippen LogP contribution in [0.3, 0.4) is 0 Å². The highest BCUT2D eigenvalue weighted by Gasteiger charge is 1.99. The second-order valence-corrected chi connectivity index (χ2v) is 6.09. The normalized spacial score (nSPS) is 11.3. The number of pyridine rings is 2. The Kier molecular flexibility index (Phi) is 5.40. The van der Waals surface area contributed by atoms with E-state index in [1.165, 1.54) is 0 Å². The van der Waals surface area contributed by atoms with Gasteiger partial charge in [-0.05, 0) is 46.5 Å². The van der Waals surface area contributed by atoms with Crippen LogP contribution >= 0.6 is 0 Å². The van der Waals surface area contributed by atoms with Crippen LogP contribution in [0.15, 0.2) is 107 Å². The molecule has 0 aliphatic heterocycles. The molecule has 0 saturated carbocycles. The van der Waals surface area contributed by atoms with Crippen LogP contribution < -0.4 is 0 Å². The van der Waals surface area contributed by atoms with Crippen LogP contribution in [0.25, 0.3) is 22.3 Å². The SMILES string of the molecule is C(C=Nc1cc(-c2ccccc2)ccn1)=Nc1cc(-c2ccccc2)ccn1. The van der Waals surface area contributed by atoms with Gasteiger partial charge in [-0.1, -0.05) is 60.7 Å². The molecule has 4 nitrogen and oxygen atoms in total. The summed E-state index contributed by atoms with van der Waals surface area (Å²) in [5.41, 5.74) is 4.43. The standard InChI is InChI=1S/C24H18N4/c1-3-7-19(8-4-1)21-11-13-25-23(17-21)27-15-16-28-24-18-22(12-14-26-24)20-9-5-2-6-10-20/h1-18H. The Bertz CT molecular complexity index is 1010. The molecule has 0 radical (unpaired) electrons. The van der Waals surface area contributed by atoms with Gasteiger partial charge in [0.25, 0.3) is 0 Å². The van der Waals surface area contributed by atoms with E-state index in [4.69, 9.17) is 0 Å². The van der Waals surface area contributed by atoms with Crippen molar-refractivity contribution in [3.8, 4) is 22.3 Å². The van der Waals surface area contributed by atoms with Crippen molar-refractivity contribution in [3.05, 3.63) is 97.3 Å². The summed E-state index contributed by atoms with van der Waals surface area (Å²) in [4.78, 5) is 17.3. The van der Waals surface area contributed by atoms with Crippen LogP contribution in [0.2, 0.25) is 0 Å². The lowest BCUT2D eigenvalue weighted by atomic mass is 10.1. The number of rotatable bonds is 5. The number of nitrogens with zero attached hydrogens (tertiary/aromatic N) is 4. The zero-order chi connectivity index (χ0) is 19.0. The molecule has 0 aliphatic rings. The van der Waals surface area contributed by atoms with Crippen molar-refractivity contribution in [3.63, 3.8) is 0 Å². The van der Waals surface area contributed by atoms with Crippen LogP contribution in [0.5, 0.6) is 0 Å². The fourth-order valence-corrected chi connectivity index (χ4v) is 2.82. The summed E-state index contributed by atoms with van der Waals surface area (Å²) < 4.78 is 0. The molecule has 4 aromatic rings. The first kappa shape index (κ1) is 17.5. The Labute approximate surface area is 164 Å². The molecule has 134 valence electrons. The minimum absolute atomic E-state index is 0.638. The fourth-order valence-electron chi connectivity index (χ4n) is 2.82. The summed E-state index contributed by atoms with van der Waals surface area (Å²) in [5.74, 6) is 1.28. The van der Waals surface area contributed by atoms with Gasteiger partial charge in [0.1, 0.15) is 0 Å². The van der Waals surface area contributed by atoms with E-state index in [-0.39, 0.29) is 0 Å². The van der Waals surface area contributed by atoms with Crippen molar-refractivity contribution >= 4 is 24.1 Å². The monoisotopic (exact) mass is 362 g/mol. The van der Waals surface area contributed by atoms with E-state index in [2.05, 4.69) is 44.2 Å². The molecule has 0 spiro atoms. The maximum atomic E-state index is 4.37. The van der Waals surface area contributed by atoms with Gasteiger partial charge in [-0.3, -0.25) is 0 Å². The first-order chi connectivity index (χ1) is 13.9. The van der Waals surface area contributed by atoms with E-state index in [0.29, 0.717) is 11.6 Å². The van der Waals surface area contributed by atoms with Crippen molar-refractivity contribution in [1.29, 1.82) is 0 Å². The molecule has 0 atom stereocenters. The number of benzene rings is 2. The molecule has 2 aromatic carbocycles. The zero-order valence-electron chi connectivity index (χ0n) is 15.2. The third-order valence-corrected chi connectivity index (χ3v) is 4.19. The number of aliphatic imine (C=N–C) groups is 2. The summed E-state index contributed by atoms with van der Waals surface area (Å²) in [6.45, 7) is 0. The van der Waals surface area contributed by atoms with Gasteiger partial charge in [0.2, 0.25) is 0 Å². The Balaban J connectivity index is 1.48. The molecule has 0 amide bonds. The van der Waals surface area contributed by atoms with Crippen molar-refractivity contribution in [2.45, 2.75) is 0 Å². The summed E-state index contributed by atoms with van der Waals surface area (Å²) in [6, 6.07) is 28.2. The molecular weight excluding hydrogens is 344 g/mol. The minimum atomic E-state index is 0.638. The molecular formula is C24H18N4. The van der Waals surface area contributed by atoms with E-state index < -0.39 is 0 Å². The Morgan fingerprint density at radius 1 is 0.500 bits per heavy atom. The average molecular weight is 362 g/mol. The highest BCUT2D eigenvalue weighted by Crippen LogP contribution is 2.22. The Hall–Kier alpha value is -3.92. The quantitative estimate of drug-likeness (QED) is 0.414. The summed E-state index contributed by atoms with van der Waals surface area (Å²) in [6.07, 6.45) is 6.79. The molecule has 0 fully saturated rings. The van der Waals surface area contributed by atoms with E-state index in [1.54, 1.807) is 24.8 Å². The smallest absolute Gasteiger partial charge is 0.152 e. The third kappa shape index (κ3) is 4.43. The van der Waals surface area contributed by atoms with E-state index >= 15 is 0 Å². The molecule has 0 bridgehead atoms. The topological polar surface area (TPSA) is 50.5 Å². The van der Waals surface area contributed by atoms with Gasteiger partial charge >= 0.3 is 0 Å². The number of hydrogen-bond acceptors (Lipinski definition) is 4. The first-order valence-corrected chi connectivity index (χ1v) is 8.98. The summed E-state index contributed by atoms with van der Waals surface area (Å²) in [7, 11) is 0. The molecule has 0 saturated heterocycles. The van der Waals surface area contributed by atoms with Crippen LogP contribution in [-0.4, -0.2) is 22.4 Å². The van der Waals surface area contributed by atoms with Crippen LogP contribution in [0, 0.1) is 0 Å². The van der Waals surface area contributed by atoms with Gasteiger partial charge in [-0.2, -0.15) is 0 Å². The van der Waals surface area contributed by atoms with E-state index in [1.807, 2.05) is 60.7 Å². The van der Waals surface area contributed by atoms with E-state index in [9.17, 15) is 0 Å². The maximum absolute atomic E-state index is 4.37. The van der Waals surface area contributed by atoms with Gasteiger partial charge in [0, 0.05) is 24.8 Å². The van der Waals surface area contributed by atoms with Crippen LogP contribution in [0.4, 0.5) is 11.6 Å². The highest BCUT2D eigenvalue weighted by molar-refractivity contribution is 6.17. The lowest BCUT2D eigenvalue weighted by molar-refractivity contribution is 1.28.